The zero-order valence-electron chi connectivity index (χ0n) is 10.2. The summed E-state index contributed by atoms with van der Waals surface area (Å²) in [6.07, 6.45) is 1.24. The first-order chi connectivity index (χ1) is 9.24. The van der Waals surface area contributed by atoms with E-state index >= 15 is 0 Å². The number of aromatic nitrogens is 1. The smallest absolute Gasteiger partial charge is 0.407 e. The maximum absolute atomic E-state index is 11.5. The van der Waals surface area contributed by atoms with Crippen molar-refractivity contribution < 1.29 is 9.53 Å². The summed E-state index contributed by atoms with van der Waals surface area (Å²) < 4.78 is 5.84. The minimum Gasteiger partial charge on any atom is -0.445 e. The molecule has 1 amide bonds. The Morgan fingerprint density at radius 2 is 2.00 bits per heavy atom. The third-order valence-electron chi connectivity index (χ3n) is 2.44. The molecule has 5 heteroatoms. The van der Waals surface area contributed by atoms with Crippen LogP contribution in [-0.2, 0) is 17.9 Å². The normalized spacial score (nSPS) is 9.95. The molecular formula is C14H13BrN2O2. The fourth-order valence-electron chi connectivity index (χ4n) is 1.50. The van der Waals surface area contributed by atoms with E-state index in [0.29, 0.717) is 6.54 Å². The monoisotopic (exact) mass is 320 g/mol. The number of hydrogen-bond donors (Lipinski definition) is 1. The number of amides is 1. The predicted octanol–water partition coefficient (Wildman–Crippen LogP) is 3.27. The van der Waals surface area contributed by atoms with Crippen LogP contribution in [0.4, 0.5) is 4.79 Å². The summed E-state index contributed by atoms with van der Waals surface area (Å²) in [5.41, 5.74) is 1.92. The molecule has 1 N–H and O–H groups in total. The van der Waals surface area contributed by atoms with Gasteiger partial charge in [0.25, 0.3) is 0 Å². The second kappa shape index (κ2) is 6.89. The molecule has 0 bridgehead atoms. The van der Waals surface area contributed by atoms with E-state index in [1.165, 1.54) is 0 Å². The van der Waals surface area contributed by atoms with E-state index < -0.39 is 6.09 Å². The third-order valence-corrected chi connectivity index (χ3v) is 2.87. The number of nitrogens with one attached hydrogen (secondary N) is 1. The molecule has 0 radical (unpaired) electrons. The minimum absolute atomic E-state index is 0.271. The van der Waals surface area contributed by atoms with E-state index in [-0.39, 0.29) is 6.61 Å². The number of pyridine rings is 1. The molecule has 4 nitrogen and oxygen atoms in total. The Balaban J connectivity index is 1.76. The number of carbonyl (C=O) groups excluding carboxylic acids is 1. The average Bonchev–Trinajstić information content (AvgIpc) is 2.44. The molecule has 2 rings (SSSR count). The fraction of sp³-hybridized carbons (Fsp3) is 0.143. The van der Waals surface area contributed by atoms with Gasteiger partial charge in [-0.2, -0.15) is 0 Å². The van der Waals surface area contributed by atoms with Crippen molar-refractivity contribution >= 4 is 22.0 Å². The van der Waals surface area contributed by atoms with Gasteiger partial charge in [0.1, 0.15) is 11.2 Å². The highest BCUT2D eigenvalue weighted by Crippen LogP contribution is 2.07. The van der Waals surface area contributed by atoms with Crippen LogP contribution in [0.5, 0.6) is 0 Å². The number of benzene rings is 1. The van der Waals surface area contributed by atoms with E-state index in [4.69, 9.17) is 4.74 Å². The Kier molecular flexibility index (Phi) is 4.92. The molecule has 0 aliphatic heterocycles. The highest BCUT2D eigenvalue weighted by atomic mass is 79.9. The van der Waals surface area contributed by atoms with Gasteiger partial charge in [-0.05, 0) is 39.2 Å². The summed E-state index contributed by atoms with van der Waals surface area (Å²) in [7, 11) is 0. The Bertz CT molecular complexity index is 546. The quantitative estimate of drug-likeness (QED) is 0.879. The first-order valence-corrected chi connectivity index (χ1v) is 6.58. The summed E-state index contributed by atoms with van der Waals surface area (Å²) in [5.74, 6) is 0. The van der Waals surface area contributed by atoms with Crippen molar-refractivity contribution in [2.45, 2.75) is 13.2 Å². The Morgan fingerprint density at radius 3 is 2.74 bits per heavy atom. The molecule has 19 heavy (non-hydrogen) atoms. The molecule has 0 unspecified atom stereocenters. The molecule has 0 saturated carbocycles. The van der Waals surface area contributed by atoms with Crippen LogP contribution in [0.1, 0.15) is 11.1 Å². The second-order valence-corrected chi connectivity index (χ2v) is 4.71. The molecule has 0 fully saturated rings. The first-order valence-electron chi connectivity index (χ1n) is 5.79. The van der Waals surface area contributed by atoms with E-state index in [9.17, 15) is 4.79 Å². The fourth-order valence-corrected chi connectivity index (χ4v) is 1.91. The molecule has 0 saturated heterocycles. The number of hydrogen-bond acceptors (Lipinski definition) is 3. The third kappa shape index (κ3) is 4.71. The molecule has 0 spiro atoms. The lowest BCUT2D eigenvalue weighted by Gasteiger charge is -2.07. The first kappa shape index (κ1) is 13.5. The maximum Gasteiger partial charge on any atom is 0.407 e. The Hall–Kier alpha value is -1.88. The van der Waals surface area contributed by atoms with E-state index in [1.54, 1.807) is 6.20 Å². The van der Waals surface area contributed by atoms with Crippen molar-refractivity contribution in [2.75, 3.05) is 0 Å². The van der Waals surface area contributed by atoms with Gasteiger partial charge in [0, 0.05) is 12.7 Å². The zero-order chi connectivity index (χ0) is 13.5. The van der Waals surface area contributed by atoms with Crippen LogP contribution in [0.3, 0.4) is 0 Å². The molecular weight excluding hydrogens is 308 g/mol. The predicted molar refractivity (Wildman–Crippen MR) is 75.4 cm³/mol. The highest BCUT2D eigenvalue weighted by molar-refractivity contribution is 9.10. The highest BCUT2D eigenvalue weighted by Gasteiger charge is 2.03. The lowest BCUT2D eigenvalue weighted by molar-refractivity contribution is 0.139. The number of alkyl carbamates (subject to hydrolysis) is 1. The van der Waals surface area contributed by atoms with Crippen molar-refractivity contribution in [1.29, 1.82) is 0 Å². The van der Waals surface area contributed by atoms with Gasteiger partial charge in [0.2, 0.25) is 0 Å². The molecule has 0 atom stereocenters. The summed E-state index contributed by atoms with van der Waals surface area (Å²) in [6.45, 7) is 0.682. The largest absolute Gasteiger partial charge is 0.445 e. The topological polar surface area (TPSA) is 51.2 Å². The maximum atomic E-state index is 11.5. The molecule has 0 aliphatic carbocycles. The Labute approximate surface area is 119 Å². The van der Waals surface area contributed by atoms with Crippen LogP contribution < -0.4 is 5.32 Å². The van der Waals surface area contributed by atoms with Gasteiger partial charge in [-0.3, -0.25) is 0 Å². The number of rotatable bonds is 4. The van der Waals surface area contributed by atoms with Gasteiger partial charge in [0.05, 0.1) is 0 Å². The summed E-state index contributed by atoms with van der Waals surface area (Å²) in [5, 5.41) is 2.69. The average molecular weight is 321 g/mol. The van der Waals surface area contributed by atoms with Crippen molar-refractivity contribution in [3.05, 3.63) is 64.4 Å². The number of nitrogens with zero attached hydrogens (tertiary/aromatic N) is 1. The number of halogens is 1. The van der Waals surface area contributed by atoms with Gasteiger partial charge in [-0.15, -0.1) is 0 Å². The zero-order valence-corrected chi connectivity index (χ0v) is 11.8. The molecule has 2 aromatic rings. The number of ether oxygens (including phenoxy) is 1. The second-order valence-electron chi connectivity index (χ2n) is 3.90. The van der Waals surface area contributed by atoms with Crippen molar-refractivity contribution in [3.63, 3.8) is 0 Å². The van der Waals surface area contributed by atoms with Crippen molar-refractivity contribution in [2.24, 2.45) is 0 Å². The van der Waals surface area contributed by atoms with E-state index in [1.807, 2.05) is 42.5 Å². The van der Waals surface area contributed by atoms with Crippen LogP contribution in [0.25, 0.3) is 0 Å². The van der Waals surface area contributed by atoms with Crippen molar-refractivity contribution in [1.82, 2.24) is 10.3 Å². The SMILES string of the molecule is O=C(NCc1ccnc(Br)c1)OCc1ccccc1. The molecule has 0 aliphatic rings. The van der Waals surface area contributed by atoms with Crippen LogP contribution in [-0.4, -0.2) is 11.1 Å². The summed E-state index contributed by atoms with van der Waals surface area (Å²) in [4.78, 5) is 15.5. The number of carbonyl (C=O) groups is 1. The van der Waals surface area contributed by atoms with E-state index in [2.05, 4.69) is 26.2 Å². The standard InChI is InChI=1S/C14H13BrN2O2/c15-13-8-12(6-7-16-13)9-17-14(18)19-10-11-4-2-1-3-5-11/h1-8H,9-10H2,(H,17,18). The molecule has 1 aromatic carbocycles. The van der Waals surface area contributed by atoms with Gasteiger partial charge >= 0.3 is 6.09 Å². The van der Waals surface area contributed by atoms with Gasteiger partial charge < -0.3 is 10.1 Å². The van der Waals surface area contributed by atoms with Crippen molar-refractivity contribution in [3.8, 4) is 0 Å². The van der Waals surface area contributed by atoms with Crippen LogP contribution in [0.2, 0.25) is 0 Å². The molecule has 98 valence electrons. The van der Waals surface area contributed by atoms with Crippen LogP contribution >= 0.6 is 15.9 Å². The van der Waals surface area contributed by atoms with E-state index in [0.717, 1.165) is 15.7 Å². The summed E-state index contributed by atoms with van der Waals surface area (Å²) in [6, 6.07) is 13.2. The van der Waals surface area contributed by atoms with Gasteiger partial charge in [0.15, 0.2) is 0 Å². The van der Waals surface area contributed by atoms with Gasteiger partial charge in [-0.25, -0.2) is 9.78 Å². The van der Waals surface area contributed by atoms with Crippen LogP contribution in [0, 0.1) is 0 Å². The lowest BCUT2D eigenvalue weighted by Crippen LogP contribution is -2.23. The minimum atomic E-state index is -0.434. The Morgan fingerprint density at radius 1 is 1.21 bits per heavy atom. The molecule has 1 heterocycles. The lowest BCUT2D eigenvalue weighted by atomic mass is 10.2. The van der Waals surface area contributed by atoms with Gasteiger partial charge in [-0.1, -0.05) is 30.3 Å². The summed E-state index contributed by atoms with van der Waals surface area (Å²) >= 11 is 3.28. The molecule has 1 aromatic heterocycles. The van der Waals surface area contributed by atoms with Crippen LogP contribution in [0.15, 0.2) is 53.3 Å².